The van der Waals surface area contributed by atoms with Crippen LogP contribution in [0.5, 0.6) is 0 Å². The fourth-order valence-corrected chi connectivity index (χ4v) is 3.02. The van der Waals surface area contributed by atoms with E-state index in [9.17, 15) is 9.59 Å². The molecule has 0 saturated carbocycles. The number of hydrogen-bond donors (Lipinski definition) is 6. The molecule has 0 aromatic heterocycles. The molecule has 156 valence electrons. The van der Waals surface area contributed by atoms with Crippen molar-refractivity contribution in [2.45, 2.75) is 45.2 Å². The van der Waals surface area contributed by atoms with Crippen LogP contribution in [-0.4, -0.2) is 23.9 Å². The van der Waals surface area contributed by atoms with Gasteiger partial charge in [0, 0.05) is 36.3 Å². The van der Waals surface area contributed by atoms with Crippen LogP contribution in [0, 0.1) is 0 Å². The quantitative estimate of drug-likeness (QED) is 0.205. The van der Waals surface area contributed by atoms with Crippen LogP contribution in [0.3, 0.4) is 0 Å². The van der Waals surface area contributed by atoms with Gasteiger partial charge in [-0.25, -0.2) is 11.7 Å². The Bertz CT molecular complexity index is 724. The van der Waals surface area contributed by atoms with Gasteiger partial charge < -0.3 is 10.6 Å². The Morgan fingerprint density at radius 3 is 1.38 bits per heavy atom. The molecule has 0 heterocycles. The number of nitrogens with one attached hydrogen (secondary N) is 4. The molecule has 2 aromatic rings. The van der Waals surface area contributed by atoms with E-state index in [-0.39, 0.29) is 23.9 Å². The molecule has 2 amide bonds. The Morgan fingerprint density at radius 2 is 1.07 bits per heavy atom. The summed E-state index contributed by atoms with van der Waals surface area (Å²) in [4.78, 5) is 22.6. The number of nitrogens with two attached hydrogens (primary N) is 2. The standard InChI is InChI=1S/C21H30N6O2/c1-14(11-20(28)26-22)24-18-7-3-16(4-8-18)13-17-5-9-19(10-6-17)25-15(2)12-21(29)27-23/h3-10,14-15,24-25H,11-13,22-23H2,1-2H3,(H,26,28)(H,27,29). The zero-order valence-electron chi connectivity index (χ0n) is 16.9. The topological polar surface area (TPSA) is 134 Å². The van der Waals surface area contributed by atoms with Gasteiger partial charge in [-0.15, -0.1) is 0 Å². The van der Waals surface area contributed by atoms with Crippen molar-refractivity contribution in [3.8, 4) is 0 Å². The number of hydrazine groups is 2. The van der Waals surface area contributed by atoms with Crippen molar-refractivity contribution in [2.75, 3.05) is 10.6 Å². The molecule has 0 radical (unpaired) electrons. The molecule has 0 saturated heterocycles. The molecule has 0 aliphatic rings. The molecule has 29 heavy (non-hydrogen) atoms. The molecular weight excluding hydrogens is 368 g/mol. The monoisotopic (exact) mass is 398 g/mol. The molecule has 0 bridgehead atoms. The lowest BCUT2D eigenvalue weighted by Crippen LogP contribution is -2.34. The molecule has 0 aliphatic heterocycles. The van der Waals surface area contributed by atoms with E-state index in [2.05, 4.69) is 45.8 Å². The predicted octanol–water partition coefficient (Wildman–Crippen LogP) is 1.64. The Labute approximate surface area is 171 Å². The second kappa shape index (κ2) is 11.0. The summed E-state index contributed by atoms with van der Waals surface area (Å²) in [5.41, 5.74) is 8.58. The van der Waals surface area contributed by atoms with Gasteiger partial charge in [-0.3, -0.25) is 20.4 Å². The maximum Gasteiger partial charge on any atom is 0.235 e. The zero-order valence-corrected chi connectivity index (χ0v) is 16.9. The summed E-state index contributed by atoms with van der Waals surface area (Å²) >= 11 is 0. The van der Waals surface area contributed by atoms with Crippen LogP contribution < -0.4 is 33.2 Å². The smallest absolute Gasteiger partial charge is 0.235 e. The highest BCUT2D eigenvalue weighted by Crippen LogP contribution is 2.17. The van der Waals surface area contributed by atoms with Gasteiger partial charge in [0.2, 0.25) is 11.8 Å². The van der Waals surface area contributed by atoms with E-state index in [1.807, 2.05) is 38.1 Å². The van der Waals surface area contributed by atoms with E-state index in [0.29, 0.717) is 12.8 Å². The number of hydrogen-bond acceptors (Lipinski definition) is 6. The van der Waals surface area contributed by atoms with Crippen molar-refractivity contribution < 1.29 is 9.59 Å². The van der Waals surface area contributed by atoms with Crippen LogP contribution in [0.25, 0.3) is 0 Å². The number of carbonyl (C=O) groups excluding carboxylic acids is 2. The summed E-state index contributed by atoms with van der Waals surface area (Å²) in [6.07, 6.45) is 1.44. The summed E-state index contributed by atoms with van der Waals surface area (Å²) in [6.45, 7) is 3.87. The molecule has 8 heteroatoms. The summed E-state index contributed by atoms with van der Waals surface area (Å²) in [5, 5.41) is 6.56. The highest BCUT2D eigenvalue weighted by atomic mass is 16.2. The van der Waals surface area contributed by atoms with Gasteiger partial charge in [0.05, 0.1) is 0 Å². The third-order valence-electron chi connectivity index (χ3n) is 4.45. The number of rotatable bonds is 10. The minimum atomic E-state index is -0.198. The van der Waals surface area contributed by atoms with E-state index < -0.39 is 0 Å². The van der Waals surface area contributed by atoms with Gasteiger partial charge in [-0.2, -0.15) is 0 Å². The molecule has 2 unspecified atom stereocenters. The van der Waals surface area contributed by atoms with Crippen LogP contribution in [-0.2, 0) is 16.0 Å². The summed E-state index contributed by atoms with van der Waals surface area (Å²) in [7, 11) is 0. The van der Waals surface area contributed by atoms with Gasteiger partial charge in [-0.1, -0.05) is 24.3 Å². The molecule has 2 rings (SSSR count). The van der Waals surface area contributed by atoms with Gasteiger partial charge in [0.15, 0.2) is 0 Å². The Morgan fingerprint density at radius 1 is 0.724 bits per heavy atom. The van der Waals surface area contributed by atoms with Crippen LogP contribution in [0.2, 0.25) is 0 Å². The van der Waals surface area contributed by atoms with Crippen molar-refractivity contribution in [3.05, 3.63) is 59.7 Å². The molecule has 8 N–H and O–H groups in total. The van der Waals surface area contributed by atoms with Crippen molar-refractivity contribution in [1.82, 2.24) is 10.9 Å². The third-order valence-corrected chi connectivity index (χ3v) is 4.45. The molecule has 8 nitrogen and oxygen atoms in total. The highest BCUT2D eigenvalue weighted by molar-refractivity contribution is 5.76. The third kappa shape index (κ3) is 7.81. The molecule has 2 atom stereocenters. The minimum absolute atomic E-state index is 0.0113. The zero-order chi connectivity index (χ0) is 21.2. The lowest BCUT2D eigenvalue weighted by molar-refractivity contribution is -0.122. The Kier molecular flexibility index (Phi) is 8.45. The minimum Gasteiger partial charge on any atom is -0.382 e. The predicted molar refractivity (Wildman–Crippen MR) is 116 cm³/mol. The first-order valence-corrected chi connectivity index (χ1v) is 9.59. The fraction of sp³-hybridized carbons (Fsp3) is 0.333. The molecule has 0 fully saturated rings. The molecule has 0 aliphatic carbocycles. The Balaban J connectivity index is 1.86. The maximum absolute atomic E-state index is 11.3. The molecule has 2 aromatic carbocycles. The van der Waals surface area contributed by atoms with Crippen LogP contribution in [0.4, 0.5) is 11.4 Å². The summed E-state index contributed by atoms with van der Waals surface area (Å²) in [5.74, 6) is 9.83. The van der Waals surface area contributed by atoms with E-state index >= 15 is 0 Å². The van der Waals surface area contributed by atoms with Crippen molar-refractivity contribution in [1.29, 1.82) is 0 Å². The Hall–Kier alpha value is -3.10. The average molecular weight is 399 g/mol. The SMILES string of the molecule is CC(CC(=O)NN)Nc1ccc(Cc2ccc(NC(C)CC(=O)NN)cc2)cc1. The normalized spacial score (nSPS) is 12.6. The van der Waals surface area contributed by atoms with Crippen molar-refractivity contribution >= 4 is 23.2 Å². The molecular formula is C21H30N6O2. The van der Waals surface area contributed by atoms with E-state index in [1.165, 1.54) is 11.1 Å². The first kappa shape index (κ1) is 22.2. The van der Waals surface area contributed by atoms with Gasteiger partial charge in [-0.05, 0) is 55.7 Å². The second-order valence-electron chi connectivity index (χ2n) is 7.20. The number of benzene rings is 2. The lowest BCUT2D eigenvalue weighted by Gasteiger charge is -2.15. The number of anilines is 2. The highest BCUT2D eigenvalue weighted by Gasteiger charge is 2.09. The van der Waals surface area contributed by atoms with Crippen molar-refractivity contribution in [3.63, 3.8) is 0 Å². The second-order valence-corrected chi connectivity index (χ2v) is 7.20. The average Bonchev–Trinajstić information content (AvgIpc) is 2.70. The fourth-order valence-electron chi connectivity index (χ4n) is 3.02. The first-order chi connectivity index (χ1) is 13.9. The maximum atomic E-state index is 11.3. The lowest BCUT2D eigenvalue weighted by atomic mass is 10.0. The van der Waals surface area contributed by atoms with Gasteiger partial charge >= 0.3 is 0 Å². The van der Waals surface area contributed by atoms with E-state index in [1.54, 1.807) is 0 Å². The summed E-state index contributed by atoms with van der Waals surface area (Å²) < 4.78 is 0. The van der Waals surface area contributed by atoms with Crippen LogP contribution in [0.1, 0.15) is 37.8 Å². The van der Waals surface area contributed by atoms with Gasteiger partial charge in [0.25, 0.3) is 0 Å². The first-order valence-electron chi connectivity index (χ1n) is 9.59. The van der Waals surface area contributed by atoms with E-state index in [4.69, 9.17) is 11.7 Å². The molecule has 0 spiro atoms. The summed E-state index contributed by atoms with van der Waals surface area (Å²) in [6, 6.07) is 16.3. The number of carbonyl (C=O) groups is 2. The van der Waals surface area contributed by atoms with Gasteiger partial charge in [0.1, 0.15) is 0 Å². The van der Waals surface area contributed by atoms with Crippen LogP contribution >= 0.6 is 0 Å². The van der Waals surface area contributed by atoms with Crippen molar-refractivity contribution in [2.24, 2.45) is 11.7 Å². The largest absolute Gasteiger partial charge is 0.382 e. The van der Waals surface area contributed by atoms with E-state index in [0.717, 1.165) is 17.8 Å². The number of amides is 2. The van der Waals surface area contributed by atoms with Crippen LogP contribution in [0.15, 0.2) is 48.5 Å².